The van der Waals surface area contributed by atoms with Gasteiger partial charge in [0.25, 0.3) is 0 Å². The summed E-state index contributed by atoms with van der Waals surface area (Å²) >= 11 is 0. The molecule has 0 heterocycles. The van der Waals surface area contributed by atoms with Gasteiger partial charge in [0.15, 0.2) is 11.6 Å². The molecule has 5 nitrogen and oxygen atoms in total. The van der Waals surface area contributed by atoms with E-state index in [1.807, 2.05) is 0 Å². The zero-order valence-electron chi connectivity index (χ0n) is 13.3. The van der Waals surface area contributed by atoms with Gasteiger partial charge in [-0.25, -0.2) is 9.18 Å². The van der Waals surface area contributed by atoms with Gasteiger partial charge in [-0.2, -0.15) is 8.78 Å². The van der Waals surface area contributed by atoms with Crippen LogP contribution in [0.2, 0.25) is 0 Å². The predicted molar refractivity (Wildman–Crippen MR) is 82.6 cm³/mol. The standard InChI is InChI=1S/C16H21F3N2O3/c1-21(12-5-2-10(9-22)3-6-12)16(23)20-11-4-7-14(13(17)8-11)24-15(18)19/h4,7-8,10,12,15,22H,2-3,5-6,9H2,1H3,(H,20,23). The van der Waals surface area contributed by atoms with Crippen LogP contribution in [0.4, 0.5) is 23.7 Å². The van der Waals surface area contributed by atoms with E-state index in [4.69, 9.17) is 5.11 Å². The van der Waals surface area contributed by atoms with E-state index in [0.29, 0.717) is 0 Å². The molecule has 1 saturated carbocycles. The number of rotatable bonds is 5. The Morgan fingerprint density at radius 1 is 1.38 bits per heavy atom. The zero-order valence-corrected chi connectivity index (χ0v) is 13.3. The molecule has 0 aromatic heterocycles. The van der Waals surface area contributed by atoms with Gasteiger partial charge in [-0.05, 0) is 43.7 Å². The predicted octanol–water partition coefficient (Wildman–Crippen LogP) is 3.44. The van der Waals surface area contributed by atoms with Gasteiger partial charge in [0.05, 0.1) is 0 Å². The second-order valence-corrected chi connectivity index (χ2v) is 5.92. The fraction of sp³-hybridized carbons (Fsp3) is 0.562. The molecule has 2 amide bonds. The van der Waals surface area contributed by atoms with Gasteiger partial charge in [0.1, 0.15) is 0 Å². The minimum Gasteiger partial charge on any atom is -0.432 e. The van der Waals surface area contributed by atoms with Crippen molar-refractivity contribution in [1.29, 1.82) is 0 Å². The lowest BCUT2D eigenvalue weighted by Gasteiger charge is -2.34. The molecule has 2 N–H and O–H groups in total. The minimum atomic E-state index is -3.11. The van der Waals surface area contributed by atoms with Crippen molar-refractivity contribution in [1.82, 2.24) is 4.90 Å². The number of anilines is 1. The van der Waals surface area contributed by atoms with Crippen molar-refractivity contribution in [2.45, 2.75) is 38.3 Å². The Morgan fingerprint density at radius 3 is 2.58 bits per heavy atom. The lowest BCUT2D eigenvalue weighted by atomic mass is 9.86. The molecule has 0 spiro atoms. The van der Waals surface area contributed by atoms with Crippen molar-refractivity contribution < 1.29 is 27.8 Å². The monoisotopic (exact) mass is 346 g/mol. The summed E-state index contributed by atoms with van der Waals surface area (Å²) in [6.45, 7) is -2.95. The summed E-state index contributed by atoms with van der Waals surface area (Å²) in [5.41, 5.74) is 0.162. The number of halogens is 3. The Labute approximate surface area is 138 Å². The van der Waals surface area contributed by atoms with E-state index in [2.05, 4.69) is 10.1 Å². The topological polar surface area (TPSA) is 61.8 Å². The Balaban J connectivity index is 1.93. The van der Waals surface area contributed by atoms with Crippen LogP contribution < -0.4 is 10.1 Å². The van der Waals surface area contributed by atoms with Crippen molar-refractivity contribution in [3.05, 3.63) is 24.0 Å². The molecule has 0 unspecified atom stereocenters. The van der Waals surface area contributed by atoms with Gasteiger partial charge in [-0.15, -0.1) is 0 Å². The van der Waals surface area contributed by atoms with Gasteiger partial charge in [-0.3, -0.25) is 0 Å². The molecule has 1 aliphatic rings. The Bertz CT molecular complexity index is 563. The maximum atomic E-state index is 13.7. The van der Waals surface area contributed by atoms with E-state index >= 15 is 0 Å². The van der Waals surface area contributed by atoms with Crippen molar-refractivity contribution in [2.24, 2.45) is 5.92 Å². The highest BCUT2D eigenvalue weighted by atomic mass is 19.3. The first-order valence-corrected chi connectivity index (χ1v) is 7.79. The molecule has 8 heteroatoms. The number of nitrogens with zero attached hydrogens (tertiary/aromatic N) is 1. The van der Waals surface area contributed by atoms with Gasteiger partial charge >= 0.3 is 12.6 Å². The number of amides is 2. The molecule has 0 saturated heterocycles. The number of carbonyl (C=O) groups is 1. The zero-order chi connectivity index (χ0) is 17.7. The van der Waals surface area contributed by atoms with Crippen molar-refractivity contribution >= 4 is 11.7 Å². The maximum absolute atomic E-state index is 13.7. The fourth-order valence-electron chi connectivity index (χ4n) is 2.86. The number of hydrogen-bond acceptors (Lipinski definition) is 3. The lowest BCUT2D eigenvalue weighted by Crippen LogP contribution is -2.42. The molecule has 2 rings (SSSR count). The first-order valence-electron chi connectivity index (χ1n) is 7.79. The third-order valence-electron chi connectivity index (χ3n) is 4.34. The number of nitrogens with one attached hydrogen (secondary N) is 1. The number of aliphatic hydroxyl groups is 1. The molecule has 1 aliphatic carbocycles. The Morgan fingerprint density at radius 2 is 2.04 bits per heavy atom. The fourth-order valence-corrected chi connectivity index (χ4v) is 2.86. The van der Waals surface area contributed by atoms with Crippen LogP contribution in [0, 0.1) is 11.7 Å². The Hall–Kier alpha value is -1.96. The van der Waals surface area contributed by atoms with Crippen LogP contribution in [-0.4, -0.2) is 42.3 Å². The van der Waals surface area contributed by atoms with E-state index in [-0.39, 0.29) is 24.3 Å². The molecule has 1 aromatic rings. The SMILES string of the molecule is CN(C(=O)Nc1ccc(OC(F)F)c(F)c1)C1CCC(CO)CC1. The molecule has 0 atom stereocenters. The largest absolute Gasteiger partial charge is 0.432 e. The molecular weight excluding hydrogens is 325 g/mol. The van der Waals surface area contributed by atoms with Crippen LogP contribution in [0.3, 0.4) is 0 Å². The molecular formula is C16H21F3N2O3. The number of benzene rings is 1. The molecule has 0 aliphatic heterocycles. The van der Waals surface area contributed by atoms with Crippen LogP contribution in [0.15, 0.2) is 18.2 Å². The first kappa shape index (κ1) is 18.4. The normalized spacial score (nSPS) is 20.8. The molecule has 24 heavy (non-hydrogen) atoms. The number of aliphatic hydroxyl groups excluding tert-OH is 1. The van der Waals surface area contributed by atoms with Crippen LogP contribution in [0.1, 0.15) is 25.7 Å². The number of carbonyl (C=O) groups excluding carboxylic acids is 1. The third-order valence-corrected chi connectivity index (χ3v) is 4.34. The smallest absolute Gasteiger partial charge is 0.387 e. The third kappa shape index (κ3) is 4.77. The molecule has 134 valence electrons. The lowest BCUT2D eigenvalue weighted by molar-refractivity contribution is -0.0521. The van der Waals surface area contributed by atoms with E-state index in [1.165, 1.54) is 6.07 Å². The van der Waals surface area contributed by atoms with Gasteiger partial charge in [-0.1, -0.05) is 0 Å². The van der Waals surface area contributed by atoms with Gasteiger partial charge in [0, 0.05) is 31.5 Å². The van der Waals surface area contributed by atoms with Crippen molar-refractivity contribution in [3.63, 3.8) is 0 Å². The summed E-state index contributed by atoms with van der Waals surface area (Å²) in [5, 5.41) is 11.7. The average Bonchev–Trinajstić information content (AvgIpc) is 2.56. The number of alkyl halides is 2. The van der Waals surface area contributed by atoms with E-state index in [0.717, 1.165) is 37.8 Å². The van der Waals surface area contributed by atoms with Crippen LogP contribution in [0.25, 0.3) is 0 Å². The highest BCUT2D eigenvalue weighted by molar-refractivity contribution is 5.89. The highest BCUT2D eigenvalue weighted by Gasteiger charge is 2.26. The quantitative estimate of drug-likeness (QED) is 0.858. The minimum absolute atomic E-state index is 0.0547. The summed E-state index contributed by atoms with van der Waals surface area (Å²) in [7, 11) is 1.66. The maximum Gasteiger partial charge on any atom is 0.387 e. The first-order chi connectivity index (χ1) is 11.4. The Kier molecular flexibility index (Phi) is 6.30. The van der Waals surface area contributed by atoms with Crippen LogP contribution in [0.5, 0.6) is 5.75 Å². The summed E-state index contributed by atoms with van der Waals surface area (Å²) in [5.74, 6) is -1.26. The highest BCUT2D eigenvalue weighted by Crippen LogP contribution is 2.27. The van der Waals surface area contributed by atoms with E-state index < -0.39 is 24.2 Å². The second-order valence-electron chi connectivity index (χ2n) is 5.92. The second kappa shape index (κ2) is 8.23. The molecule has 0 radical (unpaired) electrons. The molecule has 0 bridgehead atoms. The van der Waals surface area contributed by atoms with E-state index in [1.54, 1.807) is 11.9 Å². The van der Waals surface area contributed by atoms with Crippen LogP contribution in [-0.2, 0) is 0 Å². The number of urea groups is 1. The summed E-state index contributed by atoms with van der Waals surface area (Å²) in [6.07, 6.45) is 3.30. The molecule has 1 aromatic carbocycles. The van der Waals surface area contributed by atoms with Crippen molar-refractivity contribution in [2.75, 3.05) is 19.0 Å². The number of ether oxygens (including phenoxy) is 1. The van der Waals surface area contributed by atoms with Gasteiger partial charge < -0.3 is 20.1 Å². The van der Waals surface area contributed by atoms with Gasteiger partial charge in [0.2, 0.25) is 0 Å². The van der Waals surface area contributed by atoms with E-state index in [9.17, 15) is 18.0 Å². The summed E-state index contributed by atoms with van der Waals surface area (Å²) < 4.78 is 41.9. The summed E-state index contributed by atoms with van der Waals surface area (Å²) in [6, 6.07) is 2.94. The number of hydrogen-bond donors (Lipinski definition) is 2. The van der Waals surface area contributed by atoms with Crippen molar-refractivity contribution in [3.8, 4) is 5.75 Å². The summed E-state index contributed by atoms with van der Waals surface area (Å²) in [4.78, 5) is 13.8. The van der Waals surface area contributed by atoms with Crippen LogP contribution >= 0.6 is 0 Å². The molecule has 1 fully saturated rings. The average molecular weight is 346 g/mol.